The van der Waals surface area contributed by atoms with Crippen LogP contribution in [0, 0.1) is 5.92 Å². The van der Waals surface area contributed by atoms with E-state index in [4.69, 9.17) is 0 Å². The molecule has 0 spiro atoms. The Balaban J connectivity index is 1.51. The summed E-state index contributed by atoms with van der Waals surface area (Å²) in [6.45, 7) is 5.96. The molecule has 2 aliphatic rings. The minimum atomic E-state index is -0.349. The van der Waals surface area contributed by atoms with E-state index in [0.29, 0.717) is 6.54 Å². The van der Waals surface area contributed by atoms with Gasteiger partial charge in [0.05, 0.1) is 24.0 Å². The highest BCUT2D eigenvalue weighted by atomic mass is 32.2. The Morgan fingerprint density at radius 2 is 1.52 bits per heavy atom. The molecule has 4 heteroatoms. The number of hydrogen-bond acceptors (Lipinski definition) is 4. The van der Waals surface area contributed by atoms with Crippen molar-refractivity contribution < 1.29 is 5.11 Å². The molecule has 1 N–H and O–H groups in total. The van der Waals surface area contributed by atoms with Crippen molar-refractivity contribution in [2.24, 2.45) is 5.92 Å². The van der Waals surface area contributed by atoms with E-state index in [1.54, 1.807) is 0 Å². The van der Waals surface area contributed by atoms with E-state index in [9.17, 15) is 5.11 Å². The third-order valence-electron chi connectivity index (χ3n) is 5.27. The maximum atomic E-state index is 10.8. The number of likely N-dealkylation sites (tertiary alicyclic amines) is 1. The quantitative estimate of drug-likeness (QED) is 0.881. The fraction of sp³-hybridized carbons (Fsp3) is 0.429. The van der Waals surface area contributed by atoms with Crippen LogP contribution in [0.4, 0.5) is 11.4 Å². The van der Waals surface area contributed by atoms with Crippen LogP contribution >= 0.6 is 11.8 Å². The van der Waals surface area contributed by atoms with Crippen LogP contribution in [0.2, 0.25) is 0 Å². The molecule has 2 aromatic carbocycles. The van der Waals surface area contributed by atoms with E-state index in [1.807, 2.05) is 11.8 Å². The van der Waals surface area contributed by atoms with Gasteiger partial charge in [0.2, 0.25) is 0 Å². The van der Waals surface area contributed by atoms with Crippen LogP contribution in [0.15, 0.2) is 58.3 Å². The molecule has 1 fully saturated rings. The van der Waals surface area contributed by atoms with Gasteiger partial charge < -0.3 is 14.9 Å². The number of aliphatic hydroxyl groups excluding tert-OH is 1. The van der Waals surface area contributed by atoms with Crippen LogP contribution in [0.5, 0.6) is 0 Å². The molecule has 25 heavy (non-hydrogen) atoms. The second-order valence-corrected chi connectivity index (χ2v) is 8.37. The summed E-state index contributed by atoms with van der Waals surface area (Å²) in [4.78, 5) is 7.24. The first kappa shape index (κ1) is 17.0. The molecule has 0 radical (unpaired) electrons. The van der Waals surface area contributed by atoms with Crippen molar-refractivity contribution in [3.63, 3.8) is 0 Å². The first-order valence-corrected chi connectivity index (χ1v) is 10.1. The Morgan fingerprint density at radius 1 is 0.960 bits per heavy atom. The van der Waals surface area contributed by atoms with E-state index in [2.05, 4.69) is 65.3 Å². The van der Waals surface area contributed by atoms with Crippen LogP contribution in [0.3, 0.4) is 0 Å². The zero-order valence-electron chi connectivity index (χ0n) is 14.8. The van der Waals surface area contributed by atoms with Crippen LogP contribution in [0.25, 0.3) is 0 Å². The van der Waals surface area contributed by atoms with Crippen LogP contribution in [-0.4, -0.2) is 42.3 Å². The summed E-state index contributed by atoms with van der Waals surface area (Å²) in [6, 6.07) is 17.0. The van der Waals surface area contributed by atoms with Crippen molar-refractivity contribution in [2.75, 3.05) is 31.1 Å². The molecule has 1 saturated heterocycles. The van der Waals surface area contributed by atoms with Gasteiger partial charge in [0.15, 0.2) is 0 Å². The molecule has 3 nitrogen and oxygen atoms in total. The third kappa shape index (κ3) is 3.71. The molecule has 2 heterocycles. The normalized spacial score (nSPS) is 19.4. The van der Waals surface area contributed by atoms with Gasteiger partial charge in [-0.15, -0.1) is 0 Å². The molecule has 0 aromatic heterocycles. The van der Waals surface area contributed by atoms with Crippen LogP contribution < -0.4 is 4.90 Å². The lowest BCUT2D eigenvalue weighted by Crippen LogP contribution is -2.42. The molecule has 132 valence electrons. The van der Waals surface area contributed by atoms with Crippen LogP contribution in [-0.2, 0) is 0 Å². The van der Waals surface area contributed by atoms with Gasteiger partial charge in [-0.1, -0.05) is 43.0 Å². The Morgan fingerprint density at radius 3 is 2.12 bits per heavy atom. The number of anilines is 2. The average molecular weight is 355 g/mol. The molecule has 2 aromatic rings. The van der Waals surface area contributed by atoms with Crippen molar-refractivity contribution in [2.45, 2.75) is 35.7 Å². The van der Waals surface area contributed by atoms with E-state index >= 15 is 0 Å². The molecule has 0 aliphatic carbocycles. The van der Waals surface area contributed by atoms with Crippen molar-refractivity contribution in [1.29, 1.82) is 0 Å². The fourth-order valence-corrected chi connectivity index (χ4v) is 4.88. The van der Waals surface area contributed by atoms with Gasteiger partial charge in [0.1, 0.15) is 0 Å². The maximum Gasteiger partial charge on any atom is 0.0845 e. The van der Waals surface area contributed by atoms with Crippen molar-refractivity contribution in [1.82, 2.24) is 4.90 Å². The number of nitrogens with zero attached hydrogens (tertiary/aromatic N) is 2. The topological polar surface area (TPSA) is 26.7 Å². The zero-order valence-corrected chi connectivity index (χ0v) is 15.6. The summed E-state index contributed by atoms with van der Waals surface area (Å²) in [6.07, 6.45) is 2.15. The standard InChI is InChI=1S/C21H26N2OS/c1-16-10-12-22(13-11-16)14-17(24)15-23-18-6-2-4-8-20(18)25-21-9-5-3-7-19(21)23/h2-9,16-17,24H,10-15H2,1H3/t17-/m1/s1. The number of rotatable bonds is 4. The molecule has 1 atom stereocenters. The summed E-state index contributed by atoms with van der Waals surface area (Å²) in [5.41, 5.74) is 2.41. The molecular formula is C21H26N2OS. The van der Waals surface area contributed by atoms with Gasteiger partial charge in [0.25, 0.3) is 0 Å². The number of β-amino-alcohol motifs (C(OH)–C–C–N with tert-alkyl or cyclic N) is 1. The van der Waals surface area contributed by atoms with Crippen LogP contribution in [0.1, 0.15) is 19.8 Å². The number of para-hydroxylation sites is 2. The van der Waals surface area contributed by atoms with Crippen molar-refractivity contribution in [3.05, 3.63) is 48.5 Å². The largest absolute Gasteiger partial charge is 0.390 e. The lowest BCUT2D eigenvalue weighted by molar-refractivity contribution is 0.0963. The van der Waals surface area contributed by atoms with Gasteiger partial charge >= 0.3 is 0 Å². The second-order valence-electron chi connectivity index (χ2n) is 7.29. The lowest BCUT2D eigenvalue weighted by Gasteiger charge is -2.36. The molecule has 0 amide bonds. The van der Waals surface area contributed by atoms with E-state index in [1.165, 1.54) is 34.0 Å². The minimum Gasteiger partial charge on any atom is -0.390 e. The summed E-state index contributed by atoms with van der Waals surface area (Å²) >= 11 is 1.82. The summed E-state index contributed by atoms with van der Waals surface area (Å²) in [5.74, 6) is 0.825. The summed E-state index contributed by atoms with van der Waals surface area (Å²) in [5, 5.41) is 10.8. The highest BCUT2D eigenvalue weighted by Crippen LogP contribution is 2.47. The maximum absolute atomic E-state index is 10.8. The lowest BCUT2D eigenvalue weighted by atomic mass is 9.99. The van der Waals surface area contributed by atoms with Gasteiger partial charge in [0, 0.05) is 16.3 Å². The number of piperidine rings is 1. The predicted molar refractivity (Wildman–Crippen MR) is 105 cm³/mol. The number of benzene rings is 2. The Bertz CT molecular complexity index is 682. The van der Waals surface area contributed by atoms with E-state index in [-0.39, 0.29) is 6.10 Å². The number of hydrogen-bond donors (Lipinski definition) is 1. The molecule has 0 bridgehead atoms. The Hall–Kier alpha value is -1.49. The van der Waals surface area contributed by atoms with Gasteiger partial charge in [-0.2, -0.15) is 0 Å². The third-order valence-corrected chi connectivity index (χ3v) is 6.40. The van der Waals surface area contributed by atoms with Crippen molar-refractivity contribution in [3.8, 4) is 0 Å². The highest BCUT2D eigenvalue weighted by Gasteiger charge is 2.26. The average Bonchev–Trinajstić information content (AvgIpc) is 2.63. The number of aliphatic hydroxyl groups is 1. The number of fused-ring (bicyclic) bond motifs is 2. The monoisotopic (exact) mass is 354 g/mol. The second kappa shape index (κ2) is 7.40. The summed E-state index contributed by atoms with van der Waals surface area (Å²) < 4.78 is 0. The Kier molecular flexibility index (Phi) is 5.02. The van der Waals surface area contributed by atoms with Gasteiger partial charge in [-0.05, 0) is 56.1 Å². The SMILES string of the molecule is CC1CCN(C[C@@H](O)CN2c3ccccc3Sc3ccccc32)CC1. The molecule has 0 saturated carbocycles. The summed E-state index contributed by atoms with van der Waals surface area (Å²) in [7, 11) is 0. The molecule has 4 rings (SSSR count). The zero-order chi connectivity index (χ0) is 17.2. The fourth-order valence-electron chi connectivity index (χ4n) is 3.79. The minimum absolute atomic E-state index is 0.349. The first-order chi connectivity index (χ1) is 12.2. The molecule has 0 unspecified atom stereocenters. The molecular weight excluding hydrogens is 328 g/mol. The van der Waals surface area contributed by atoms with Gasteiger partial charge in [-0.3, -0.25) is 0 Å². The first-order valence-electron chi connectivity index (χ1n) is 9.24. The van der Waals surface area contributed by atoms with E-state index < -0.39 is 0 Å². The van der Waals surface area contributed by atoms with E-state index in [0.717, 1.165) is 25.6 Å². The Labute approximate surface area is 154 Å². The van der Waals surface area contributed by atoms with Crippen molar-refractivity contribution >= 4 is 23.1 Å². The van der Waals surface area contributed by atoms with Gasteiger partial charge in [-0.25, -0.2) is 0 Å². The highest BCUT2D eigenvalue weighted by molar-refractivity contribution is 7.99. The molecule has 2 aliphatic heterocycles. The smallest absolute Gasteiger partial charge is 0.0845 e. The predicted octanol–water partition coefficient (Wildman–Crippen LogP) is 4.38.